The summed E-state index contributed by atoms with van der Waals surface area (Å²) in [6, 6.07) is 24.6. The topological polar surface area (TPSA) is 98.2 Å². The zero-order chi connectivity index (χ0) is 32.2. The normalized spacial score (nSPS) is 15.8. The van der Waals surface area contributed by atoms with E-state index in [-0.39, 0.29) is 16.5 Å². The molecule has 1 N–H and O–H groups in total. The third-order valence-corrected chi connectivity index (χ3v) is 8.43. The largest absolute Gasteiger partial charge is 0.507 e. The van der Waals surface area contributed by atoms with Crippen molar-refractivity contribution in [1.82, 2.24) is 4.98 Å². The Morgan fingerprint density at radius 2 is 1.70 bits per heavy atom. The molecule has 1 unspecified atom stereocenters. The number of ketones is 1. The lowest BCUT2D eigenvalue weighted by Crippen LogP contribution is -2.29. The molecule has 46 heavy (non-hydrogen) atoms. The minimum atomic E-state index is -1.07. The van der Waals surface area contributed by atoms with Gasteiger partial charge in [-0.2, -0.15) is 0 Å². The van der Waals surface area contributed by atoms with Crippen LogP contribution in [0, 0.1) is 5.82 Å². The molecule has 0 radical (unpaired) electrons. The van der Waals surface area contributed by atoms with Gasteiger partial charge in [-0.1, -0.05) is 54.7 Å². The van der Waals surface area contributed by atoms with E-state index in [4.69, 9.17) is 14.2 Å². The van der Waals surface area contributed by atoms with E-state index < -0.39 is 23.5 Å². The fraction of sp³-hybridized carbons (Fsp3) is 0.194. The highest BCUT2D eigenvalue weighted by Crippen LogP contribution is 2.46. The number of ether oxygens (including phenoxy) is 3. The van der Waals surface area contributed by atoms with Gasteiger partial charge in [0.2, 0.25) is 0 Å². The summed E-state index contributed by atoms with van der Waals surface area (Å²) in [5.41, 5.74) is 2.17. The number of aliphatic hydroxyl groups excluding tert-OH is 1. The van der Waals surface area contributed by atoms with Gasteiger partial charge in [0.05, 0.1) is 35.0 Å². The second-order valence-electron chi connectivity index (χ2n) is 10.6. The SMILES string of the molecule is CCCOc1ccc(C(O)=C2C(=O)C(=O)N(c3nc4ccc(F)cc4s3)C2c2ccc(OCc3ccccc3)c(OCC)c2)cc1. The van der Waals surface area contributed by atoms with Crippen molar-refractivity contribution in [2.45, 2.75) is 32.9 Å². The third kappa shape index (κ3) is 6.16. The van der Waals surface area contributed by atoms with Crippen molar-refractivity contribution in [1.29, 1.82) is 0 Å². The van der Waals surface area contributed by atoms with Crippen LogP contribution in [0.3, 0.4) is 0 Å². The molecule has 1 amide bonds. The van der Waals surface area contributed by atoms with Crippen LogP contribution in [0.25, 0.3) is 16.0 Å². The molecule has 2 heterocycles. The second kappa shape index (κ2) is 13.4. The number of thiazole rings is 1. The quantitative estimate of drug-likeness (QED) is 0.0895. The van der Waals surface area contributed by atoms with Crippen LogP contribution in [0.15, 0.2) is 96.6 Å². The predicted octanol–water partition coefficient (Wildman–Crippen LogP) is 7.83. The average molecular weight is 639 g/mol. The first-order valence-corrected chi connectivity index (χ1v) is 15.7. The van der Waals surface area contributed by atoms with Crippen LogP contribution in [0.1, 0.15) is 43.0 Å². The molecule has 1 atom stereocenters. The van der Waals surface area contributed by atoms with E-state index in [1.165, 1.54) is 23.1 Å². The Kier molecular flexibility index (Phi) is 8.98. The van der Waals surface area contributed by atoms with E-state index in [1.807, 2.05) is 44.2 Å². The molecule has 4 aromatic carbocycles. The highest BCUT2D eigenvalue weighted by atomic mass is 32.1. The first-order valence-electron chi connectivity index (χ1n) is 14.9. The second-order valence-corrected chi connectivity index (χ2v) is 11.6. The number of hydrogen-bond donors (Lipinski definition) is 1. The van der Waals surface area contributed by atoms with E-state index in [1.54, 1.807) is 42.5 Å². The lowest BCUT2D eigenvalue weighted by Gasteiger charge is -2.24. The fourth-order valence-electron chi connectivity index (χ4n) is 5.24. The summed E-state index contributed by atoms with van der Waals surface area (Å²) in [6.07, 6.45) is 0.837. The summed E-state index contributed by atoms with van der Waals surface area (Å²) in [5, 5.41) is 11.8. The Bertz CT molecular complexity index is 1920. The van der Waals surface area contributed by atoms with Gasteiger partial charge in [0.25, 0.3) is 5.78 Å². The predicted molar refractivity (Wildman–Crippen MR) is 175 cm³/mol. The van der Waals surface area contributed by atoms with Crippen LogP contribution < -0.4 is 19.1 Å². The van der Waals surface area contributed by atoms with Crippen molar-refractivity contribution in [3.63, 3.8) is 0 Å². The van der Waals surface area contributed by atoms with Crippen LogP contribution in [0.4, 0.5) is 9.52 Å². The highest BCUT2D eigenvalue weighted by molar-refractivity contribution is 7.22. The number of hydrogen-bond acceptors (Lipinski definition) is 8. The molecule has 0 spiro atoms. The average Bonchev–Trinajstić information content (AvgIpc) is 3.60. The molecular formula is C36H31FN2O6S. The van der Waals surface area contributed by atoms with E-state index >= 15 is 0 Å². The first kappa shape index (κ1) is 30.8. The minimum Gasteiger partial charge on any atom is -0.507 e. The van der Waals surface area contributed by atoms with Crippen molar-refractivity contribution in [2.24, 2.45) is 0 Å². The molecule has 1 aliphatic rings. The Morgan fingerprint density at radius 3 is 2.43 bits per heavy atom. The molecule has 0 aliphatic carbocycles. The Balaban J connectivity index is 1.46. The summed E-state index contributed by atoms with van der Waals surface area (Å²) < 4.78 is 32.3. The van der Waals surface area contributed by atoms with Crippen molar-refractivity contribution in [2.75, 3.05) is 18.1 Å². The maximum atomic E-state index is 14.1. The van der Waals surface area contributed by atoms with E-state index in [0.29, 0.717) is 58.4 Å². The van der Waals surface area contributed by atoms with Crippen LogP contribution in [-0.4, -0.2) is 35.0 Å². The molecule has 1 fully saturated rings. The summed E-state index contributed by atoms with van der Waals surface area (Å²) in [6.45, 7) is 5.02. The molecule has 10 heteroatoms. The zero-order valence-corrected chi connectivity index (χ0v) is 26.1. The van der Waals surface area contributed by atoms with Crippen LogP contribution >= 0.6 is 11.3 Å². The minimum absolute atomic E-state index is 0.113. The van der Waals surface area contributed by atoms with Crippen molar-refractivity contribution < 1.29 is 33.3 Å². The number of Topliss-reactive ketones (excluding diaryl/α,β-unsaturated/α-hetero) is 1. The monoisotopic (exact) mass is 638 g/mol. The Hall–Kier alpha value is -5.22. The number of halogens is 1. The zero-order valence-electron chi connectivity index (χ0n) is 25.2. The van der Waals surface area contributed by atoms with E-state index in [0.717, 1.165) is 23.3 Å². The summed E-state index contributed by atoms with van der Waals surface area (Å²) in [4.78, 5) is 33.3. The van der Waals surface area contributed by atoms with Gasteiger partial charge in [-0.3, -0.25) is 14.5 Å². The Morgan fingerprint density at radius 1 is 0.913 bits per heavy atom. The number of amides is 1. The number of benzene rings is 4. The van der Waals surface area contributed by atoms with Gasteiger partial charge in [-0.05, 0) is 79.1 Å². The van der Waals surface area contributed by atoms with Crippen molar-refractivity contribution in [3.05, 3.63) is 119 Å². The van der Waals surface area contributed by atoms with E-state index in [9.17, 15) is 19.1 Å². The molecular weight excluding hydrogens is 607 g/mol. The Labute approximate surface area is 269 Å². The van der Waals surface area contributed by atoms with Crippen LogP contribution in [0.5, 0.6) is 17.2 Å². The van der Waals surface area contributed by atoms with Gasteiger partial charge < -0.3 is 19.3 Å². The highest BCUT2D eigenvalue weighted by Gasteiger charge is 2.48. The van der Waals surface area contributed by atoms with Crippen molar-refractivity contribution >= 4 is 44.1 Å². The summed E-state index contributed by atoms with van der Waals surface area (Å²) in [7, 11) is 0. The molecule has 1 aliphatic heterocycles. The number of carbonyl (C=O) groups excluding carboxylic acids is 2. The van der Waals surface area contributed by atoms with Gasteiger partial charge in [0, 0.05) is 5.56 Å². The van der Waals surface area contributed by atoms with Gasteiger partial charge in [-0.25, -0.2) is 9.37 Å². The fourth-order valence-corrected chi connectivity index (χ4v) is 6.25. The van der Waals surface area contributed by atoms with Gasteiger partial charge in [-0.15, -0.1) is 0 Å². The third-order valence-electron chi connectivity index (χ3n) is 7.41. The van der Waals surface area contributed by atoms with Crippen molar-refractivity contribution in [3.8, 4) is 17.2 Å². The van der Waals surface area contributed by atoms with Gasteiger partial charge in [0.15, 0.2) is 16.6 Å². The molecule has 8 nitrogen and oxygen atoms in total. The lowest BCUT2D eigenvalue weighted by molar-refractivity contribution is -0.132. The van der Waals surface area contributed by atoms with Gasteiger partial charge in [0.1, 0.15) is 23.9 Å². The first-order chi connectivity index (χ1) is 22.4. The molecule has 0 saturated carbocycles. The number of aromatic nitrogens is 1. The molecule has 1 saturated heterocycles. The van der Waals surface area contributed by atoms with E-state index in [2.05, 4.69) is 4.98 Å². The molecule has 1 aromatic heterocycles. The number of fused-ring (bicyclic) bond motifs is 1. The van der Waals surface area contributed by atoms with Crippen LogP contribution in [-0.2, 0) is 16.2 Å². The number of nitrogens with zero attached hydrogens (tertiary/aromatic N) is 2. The number of carbonyl (C=O) groups is 2. The summed E-state index contributed by atoms with van der Waals surface area (Å²) >= 11 is 1.08. The van der Waals surface area contributed by atoms with Crippen LogP contribution in [0.2, 0.25) is 0 Å². The molecule has 6 rings (SSSR count). The summed E-state index contributed by atoms with van der Waals surface area (Å²) in [5.74, 6) is -1.03. The number of anilines is 1. The number of rotatable bonds is 11. The molecule has 0 bridgehead atoms. The molecule has 234 valence electrons. The molecule has 5 aromatic rings. The lowest BCUT2D eigenvalue weighted by atomic mass is 9.95. The maximum absolute atomic E-state index is 14.1. The number of aliphatic hydroxyl groups is 1. The standard InChI is InChI=1S/C36H31FN2O6S/c1-3-18-44-26-14-10-23(11-15-26)33(40)31-32(39(35(42)34(31)41)36-38-27-16-13-25(37)20-30(27)46-36)24-12-17-28(29(19-24)43-4-2)45-21-22-8-6-5-7-9-22/h5-17,19-20,32,40H,3-4,18,21H2,1-2H3. The smallest absolute Gasteiger partial charge is 0.301 e. The van der Waals surface area contributed by atoms with Gasteiger partial charge >= 0.3 is 5.91 Å². The maximum Gasteiger partial charge on any atom is 0.301 e.